The highest BCUT2D eigenvalue weighted by Crippen LogP contribution is 2.49. The van der Waals surface area contributed by atoms with Crippen molar-refractivity contribution < 1.29 is 4.79 Å². The molecule has 1 aliphatic rings. The standard InChI is InChI=1S/C14H22N2OS/c1-3-5-14(6-7-14)9-16-12-8-10(15)13(18-12)11(17)4-2/h8,16H,3-7,9,15H2,1-2H3. The summed E-state index contributed by atoms with van der Waals surface area (Å²) in [7, 11) is 0. The van der Waals surface area contributed by atoms with Crippen LogP contribution in [0.2, 0.25) is 0 Å². The number of nitrogens with two attached hydrogens (primary N) is 1. The van der Waals surface area contributed by atoms with E-state index in [-0.39, 0.29) is 5.78 Å². The van der Waals surface area contributed by atoms with Crippen LogP contribution in [-0.4, -0.2) is 12.3 Å². The van der Waals surface area contributed by atoms with Crippen LogP contribution in [0.25, 0.3) is 0 Å². The molecule has 1 fully saturated rings. The number of hydrogen-bond donors (Lipinski definition) is 2. The summed E-state index contributed by atoms with van der Waals surface area (Å²) >= 11 is 1.49. The van der Waals surface area contributed by atoms with E-state index in [4.69, 9.17) is 5.73 Å². The summed E-state index contributed by atoms with van der Waals surface area (Å²) in [6.45, 7) is 5.12. The van der Waals surface area contributed by atoms with Gasteiger partial charge in [-0.15, -0.1) is 11.3 Å². The van der Waals surface area contributed by atoms with Crippen LogP contribution in [0.15, 0.2) is 6.07 Å². The molecule has 0 amide bonds. The van der Waals surface area contributed by atoms with Crippen molar-refractivity contribution in [3.63, 3.8) is 0 Å². The van der Waals surface area contributed by atoms with Crippen LogP contribution in [0, 0.1) is 5.41 Å². The number of anilines is 2. The van der Waals surface area contributed by atoms with Crippen molar-refractivity contribution >= 4 is 27.8 Å². The number of Topliss-reactive ketones (excluding diaryl/α,β-unsaturated/α-hetero) is 1. The van der Waals surface area contributed by atoms with E-state index in [1.807, 2.05) is 13.0 Å². The molecule has 1 aliphatic carbocycles. The van der Waals surface area contributed by atoms with Crippen LogP contribution in [0.1, 0.15) is 55.6 Å². The number of nitrogen functional groups attached to an aromatic ring is 1. The van der Waals surface area contributed by atoms with Gasteiger partial charge in [-0.3, -0.25) is 4.79 Å². The average molecular weight is 266 g/mol. The van der Waals surface area contributed by atoms with E-state index in [0.717, 1.165) is 11.5 Å². The molecular formula is C14H22N2OS. The third-order valence-electron chi connectivity index (χ3n) is 3.71. The summed E-state index contributed by atoms with van der Waals surface area (Å²) in [5.74, 6) is 0.139. The van der Waals surface area contributed by atoms with E-state index in [1.165, 1.54) is 37.0 Å². The molecule has 18 heavy (non-hydrogen) atoms. The maximum absolute atomic E-state index is 11.7. The molecule has 0 bridgehead atoms. The van der Waals surface area contributed by atoms with Gasteiger partial charge in [-0.2, -0.15) is 0 Å². The first-order valence-corrected chi connectivity index (χ1v) is 7.58. The molecule has 4 heteroatoms. The molecule has 0 unspecified atom stereocenters. The van der Waals surface area contributed by atoms with Gasteiger partial charge >= 0.3 is 0 Å². The van der Waals surface area contributed by atoms with E-state index in [2.05, 4.69) is 12.2 Å². The van der Waals surface area contributed by atoms with E-state index >= 15 is 0 Å². The second kappa shape index (κ2) is 5.31. The average Bonchev–Trinajstić information content (AvgIpc) is 3.02. The smallest absolute Gasteiger partial charge is 0.174 e. The molecule has 1 aromatic rings. The first kappa shape index (κ1) is 13.4. The van der Waals surface area contributed by atoms with Gasteiger partial charge in [0, 0.05) is 13.0 Å². The predicted molar refractivity (Wildman–Crippen MR) is 78.4 cm³/mol. The largest absolute Gasteiger partial charge is 0.397 e. The Morgan fingerprint density at radius 3 is 2.78 bits per heavy atom. The Labute approximate surface area is 113 Å². The molecule has 3 nitrogen and oxygen atoms in total. The summed E-state index contributed by atoms with van der Waals surface area (Å²) in [5.41, 5.74) is 7.02. The van der Waals surface area contributed by atoms with Crippen molar-refractivity contribution in [2.45, 2.75) is 46.0 Å². The van der Waals surface area contributed by atoms with Crippen LogP contribution < -0.4 is 11.1 Å². The number of hydrogen-bond acceptors (Lipinski definition) is 4. The zero-order valence-corrected chi connectivity index (χ0v) is 12.0. The number of carbonyl (C=O) groups excluding carboxylic acids is 1. The quantitative estimate of drug-likeness (QED) is 0.736. The lowest BCUT2D eigenvalue weighted by molar-refractivity contribution is 0.0993. The van der Waals surface area contributed by atoms with Gasteiger partial charge in [0.2, 0.25) is 0 Å². The van der Waals surface area contributed by atoms with Crippen molar-refractivity contribution in [3.05, 3.63) is 10.9 Å². The number of thiophene rings is 1. The lowest BCUT2D eigenvalue weighted by Crippen LogP contribution is -2.14. The van der Waals surface area contributed by atoms with Crippen molar-refractivity contribution in [1.29, 1.82) is 0 Å². The monoisotopic (exact) mass is 266 g/mol. The SMILES string of the molecule is CCCC1(CNc2cc(N)c(C(=O)CC)s2)CC1. The molecule has 0 aromatic carbocycles. The summed E-state index contributed by atoms with van der Waals surface area (Å²) in [6, 6.07) is 1.90. The minimum absolute atomic E-state index is 0.139. The van der Waals surface area contributed by atoms with Gasteiger partial charge in [0.1, 0.15) is 0 Å². The maximum atomic E-state index is 11.7. The number of nitrogens with one attached hydrogen (secondary N) is 1. The first-order valence-electron chi connectivity index (χ1n) is 6.76. The Kier molecular flexibility index (Phi) is 3.95. The Bertz CT molecular complexity index is 435. The van der Waals surface area contributed by atoms with Crippen molar-refractivity contribution in [2.75, 3.05) is 17.6 Å². The molecule has 3 N–H and O–H groups in total. The number of ketones is 1. The Hall–Kier alpha value is -1.03. The van der Waals surface area contributed by atoms with Crippen LogP contribution in [0.4, 0.5) is 10.7 Å². The minimum Gasteiger partial charge on any atom is -0.397 e. The third-order valence-corrected chi connectivity index (χ3v) is 4.86. The van der Waals surface area contributed by atoms with Crippen LogP contribution in [-0.2, 0) is 0 Å². The van der Waals surface area contributed by atoms with Crippen molar-refractivity contribution in [1.82, 2.24) is 0 Å². The Morgan fingerprint density at radius 1 is 1.50 bits per heavy atom. The summed E-state index contributed by atoms with van der Waals surface area (Å²) < 4.78 is 0. The number of carbonyl (C=O) groups is 1. The fraction of sp³-hybridized carbons (Fsp3) is 0.643. The van der Waals surface area contributed by atoms with Gasteiger partial charge in [-0.25, -0.2) is 0 Å². The molecule has 0 saturated heterocycles. The molecule has 100 valence electrons. The topological polar surface area (TPSA) is 55.1 Å². The zero-order chi connectivity index (χ0) is 13.2. The van der Waals surface area contributed by atoms with Gasteiger partial charge in [-0.1, -0.05) is 20.3 Å². The first-order chi connectivity index (χ1) is 8.60. The minimum atomic E-state index is 0.139. The zero-order valence-electron chi connectivity index (χ0n) is 11.2. The highest BCUT2D eigenvalue weighted by molar-refractivity contribution is 7.18. The fourth-order valence-electron chi connectivity index (χ4n) is 2.37. The lowest BCUT2D eigenvalue weighted by Gasteiger charge is -2.14. The van der Waals surface area contributed by atoms with E-state index < -0.39 is 0 Å². The molecule has 0 aliphatic heterocycles. The Morgan fingerprint density at radius 2 is 2.22 bits per heavy atom. The van der Waals surface area contributed by atoms with Crippen LogP contribution in [0.3, 0.4) is 0 Å². The van der Waals surface area contributed by atoms with Crippen LogP contribution in [0.5, 0.6) is 0 Å². The second-order valence-electron chi connectivity index (χ2n) is 5.28. The van der Waals surface area contributed by atoms with Gasteiger partial charge in [0.25, 0.3) is 0 Å². The lowest BCUT2D eigenvalue weighted by atomic mass is 10.0. The highest BCUT2D eigenvalue weighted by atomic mass is 32.1. The van der Waals surface area contributed by atoms with E-state index in [9.17, 15) is 4.79 Å². The van der Waals surface area contributed by atoms with Gasteiger partial charge in [0.05, 0.1) is 15.6 Å². The summed E-state index contributed by atoms with van der Waals surface area (Å²) in [4.78, 5) is 12.4. The molecule has 1 aromatic heterocycles. The van der Waals surface area contributed by atoms with Crippen molar-refractivity contribution in [2.24, 2.45) is 5.41 Å². The third kappa shape index (κ3) is 2.86. The van der Waals surface area contributed by atoms with Gasteiger partial charge in [0.15, 0.2) is 5.78 Å². The molecule has 2 rings (SSSR count). The highest BCUT2D eigenvalue weighted by Gasteiger charge is 2.41. The Balaban J connectivity index is 1.96. The normalized spacial score (nSPS) is 16.6. The maximum Gasteiger partial charge on any atom is 0.174 e. The van der Waals surface area contributed by atoms with E-state index in [0.29, 0.717) is 22.4 Å². The number of rotatable bonds is 7. The second-order valence-corrected chi connectivity index (χ2v) is 6.33. The summed E-state index contributed by atoms with van der Waals surface area (Å²) in [6.07, 6.45) is 5.71. The molecule has 1 saturated carbocycles. The predicted octanol–water partition coefficient (Wildman–Crippen LogP) is 3.92. The molecule has 1 heterocycles. The molecule has 0 spiro atoms. The molecular weight excluding hydrogens is 244 g/mol. The van der Waals surface area contributed by atoms with Gasteiger partial charge in [-0.05, 0) is 30.7 Å². The van der Waals surface area contributed by atoms with Gasteiger partial charge < -0.3 is 11.1 Å². The van der Waals surface area contributed by atoms with E-state index in [1.54, 1.807) is 0 Å². The summed E-state index contributed by atoms with van der Waals surface area (Å²) in [5, 5.41) is 4.49. The van der Waals surface area contributed by atoms with Crippen LogP contribution >= 0.6 is 11.3 Å². The molecule has 0 radical (unpaired) electrons. The van der Waals surface area contributed by atoms with Crippen molar-refractivity contribution in [3.8, 4) is 0 Å². The molecule has 0 atom stereocenters. The fourth-order valence-corrected chi connectivity index (χ4v) is 3.35.